The molecule has 1 aromatic heterocycles. The smallest absolute Gasteiger partial charge is 0.265 e. The van der Waals surface area contributed by atoms with Gasteiger partial charge >= 0.3 is 0 Å². The van der Waals surface area contributed by atoms with Crippen LogP contribution in [-0.4, -0.2) is 17.0 Å². The summed E-state index contributed by atoms with van der Waals surface area (Å²) in [5.41, 5.74) is 1.62. The highest BCUT2D eigenvalue weighted by molar-refractivity contribution is 7.09. The standard InChI is InChI=1S/C14H15N3O2S/c1-8(14-15-5-6-20-14)16-10-3-4-12-11(7-10)17-13(18)9(2)19-12/h3-9,16H,1-2H3,(H,17,18). The number of rotatable bonds is 3. The molecule has 5 nitrogen and oxygen atoms in total. The third-order valence-electron chi connectivity index (χ3n) is 3.12. The third-order valence-corrected chi connectivity index (χ3v) is 4.07. The van der Waals surface area contributed by atoms with E-state index in [2.05, 4.69) is 22.5 Å². The summed E-state index contributed by atoms with van der Waals surface area (Å²) in [6.07, 6.45) is 1.34. The summed E-state index contributed by atoms with van der Waals surface area (Å²) in [6.45, 7) is 3.78. The van der Waals surface area contributed by atoms with Gasteiger partial charge in [0.15, 0.2) is 6.10 Å². The van der Waals surface area contributed by atoms with Crippen LogP contribution in [0.4, 0.5) is 11.4 Å². The second-order valence-corrected chi connectivity index (χ2v) is 5.62. The highest BCUT2D eigenvalue weighted by Gasteiger charge is 2.23. The molecule has 2 unspecified atom stereocenters. The number of fused-ring (bicyclic) bond motifs is 1. The van der Waals surface area contributed by atoms with Crippen LogP contribution in [0.2, 0.25) is 0 Å². The van der Waals surface area contributed by atoms with Gasteiger partial charge in [0.1, 0.15) is 10.8 Å². The number of carbonyl (C=O) groups excluding carboxylic acids is 1. The van der Waals surface area contributed by atoms with E-state index >= 15 is 0 Å². The lowest BCUT2D eigenvalue weighted by atomic mass is 10.2. The Morgan fingerprint density at radius 1 is 1.50 bits per heavy atom. The molecule has 0 radical (unpaired) electrons. The average Bonchev–Trinajstić information content (AvgIpc) is 2.94. The highest BCUT2D eigenvalue weighted by atomic mass is 32.1. The first-order valence-electron chi connectivity index (χ1n) is 6.41. The normalized spacial score (nSPS) is 18.7. The minimum absolute atomic E-state index is 0.118. The fraction of sp³-hybridized carbons (Fsp3) is 0.286. The van der Waals surface area contributed by atoms with E-state index in [1.165, 1.54) is 0 Å². The zero-order valence-electron chi connectivity index (χ0n) is 11.2. The van der Waals surface area contributed by atoms with Crippen LogP contribution in [0.25, 0.3) is 0 Å². The van der Waals surface area contributed by atoms with Crippen LogP contribution in [0.1, 0.15) is 24.9 Å². The molecule has 6 heteroatoms. The van der Waals surface area contributed by atoms with Gasteiger partial charge in [-0.3, -0.25) is 4.79 Å². The lowest BCUT2D eigenvalue weighted by molar-refractivity contribution is -0.122. The molecule has 0 saturated heterocycles. The molecule has 0 aliphatic carbocycles. The van der Waals surface area contributed by atoms with Crippen LogP contribution in [0.15, 0.2) is 29.8 Å². The number of amides is 1. The van der Waals surface area contributed by atoms with Gasteiger partial charge < -0.3 is 15.4 Å². The van der Waals surface area contributed by atoms with Gasteiger partial charge in [-0.25, -0.2) is 4.98 Å². The van der Waals surface area contributed by atoms with Crippen molar-refractivity contribution < 1.29 is 9.53 Å². The Kier molecular flexibility index (Phi) is 3.31. The van der Waals surface area contributed by atoms with Gasteiger partial charge in [0.05, 0.1) is 11.7 Å². The predicted molar refractivity (Wildman–Crippen MR) is 79.3 cm³/mol. The quantitative estimate of drug-likeness (QED) is 0.911. The Morgan fingerprint density at radius 2 is 2.35 bits per heavy atom. The van der Waals surface area contributed by atoms with Gasteiger partial charge in [0.2, 0.25) is 0 Å². The van der Waals surface area contributed by atoms with E-state index in [0.717, 1.165) is 10.7 Å². The van der Waals surface area contributed by atoms with E-state index in [-0.39, 0.29) is 11.9 Å². The molecule has 0 saturated carbocycles. The van der Waals surface area contributed by atoms with Gasteiger partial charge in [-0.05, 0) is 32.0 Å². The van der Waals surface area contributed by atoms with E-state index in [9.17, 15) is 4.79 Å². The van der Waals surface area contributed by atoms with Crippen molar-refractivity contribution in [2.24, 2.45) is 0 Å². The molecule has 1 aliphatic rings. The van der Waals surface area contributed by atoms with Crippen molar-refractivity contribution in [3.05, 3.63) is 34.8 Å². The first-order valence-corrected chi connectivity index (χ1v) is 7.29. The molecule has 2 atom stereocenters. The van der Waals surface area contributed by atoms with Gasteiger partial charge in [-0.1, -0.05) is 0 Å². The van der Waals surface area contributed by atoms with E-state index in [1.807, 2.05) is 23.6 Å². The number of ether oxygens (including phenoxy) is 1. The number of carbonyl (C=O) groups is 1. The number of nitrogens with zero attached hydrogens (tertiary/aromatic N) is 1. The van der Waals surface area contributed by atoms with Gasteiger partial charge in [0, 0.05) is 17.3 Å². The zero-order valence-corrected chi connectivity index (χ0v) is 12.0. The maximum Gasteiger partial charge on any atom is 0.265 e. The molecule has 0 spiro atoms. The molecule has 2 heterocycles. The Balaban J connectivity index is 1.79. The van der Waals surface area contributed by atoms with Crippen LogP contribution in [0.5, 0.6) is 5.75 Å². The molecule has 2 aromatic rings. The molecular weight excluding hydrogens is 274 g/mol. The number of hydrogen-bond acceptors (Lipinski definition) is 5. The number of aromatic nitrogens is 1. The van der Waals surface area contributed by atoms with Crippen LogP contribution in [-0.2, 0) is 4.79 Å². The van der Waals surface area contributed by atoms with Gasteiger partial charge in [-0.15, -0.1) is 11.3 Å². The summed E-state index contributed by atoms with van der Waals surface area (Å²) < 4.78 is 5.53. The van der Waals surface area contributed by atoms with Crippen molar-refractivity contribution >= 4 is 28.6 Å². The Morgan fingerprint density at radius 3 is 3.10 bits per heavy atom. The summed E-state index contributed by atoms with van der Waals surface area (Å²) in [5.74, 6) is 0.576. The first kappa shape index (κ1) is 12.9. The molecule has 1 aromatic carbocycles. The highest BCUT2D eigenvalue weighted by Crippen LogP contribution is 2.33. The fourth-order valence-electron chi connectivity index (χ4n) is 2.06. The molecule has 104 valence electrons. The van der Waals surface area contributed by atoms with Crippen molar-refractivity contribution in [3.8, 4) is 5.75 Å². The van der Waals surface area contributed by atoms with Gasteiger partial charge in [-0.2, -0.15) is 0 Å². The van der Waals surface area contributed by atoms with Crippen LogP contribution in [0.3, 0.4) is 0 Å². The Hall–Kier alpha value is -2.08. The van der Waals surface area contributed by atoms with E-state index in [1.54, 1.807) is 24.5 Å². The van der Waals surface area contributed by atoms with Crippen molar-refractivity contribution in [2.45, 2.75) is 26.0 Å². The monoisotopic (exact) mass is 289 g/mol. The maximum absolute atomic E-state index is 11.6. The number of anilines is 2. The molecule has 20 heavy (non-hydrogen) atoms. The second-order valence-electron chi connectivity index (χ2n) is 4.70. The van der Waals surface area contributed by atoms with E-state index in [0.29, 0.717) is 11.4 Å². The molecule has 1 amide bonds. The summed E-state index contributed by atoms with van der Waals surface area (Å²) in [4.78, 5) is 15.9. The first-order chi connectivity index (χ1) is 9.63. The van der Waals surface area contributed by atoms with Crippen molar-refractivity contribution in [1.82, 2.24) is 4.98 Å². The predicted octanol–water partition coefficient (Wildman–Crippen LogP) is 3.04. The SMILES string of the molecule is CC1Oc2ccc(NC(C)c3nccs3)cc2NC1=O. The van der Waals surface area contributed by atoms with Crippen LogP contribution >= 0.6 is 11.3 Å². The van der Waals surface area contributed by atoms with Crippen molar-refractivity contribution in [2.75, 3.05) is 10.6 Å². The zero-order chi connectivity index (χ0) is 14.1. The number of thiazole rings is 1. The van der Waals surface area contributed by atoms with Crippen molar-refractivity contribution in [1.29, 1.82) is 0 Å². The summed E-state index contributed by atoms with van der Waals surface area (Å²) in [7, 11) is 0. The topological polar surface area (TPSA) is 63.2 Å². The summed E-state index contributed by atoms with van der Waals surface area (Å²) in [5, 5.41) is 9.18. The Labute approximate surface area is 121 Å². The maximum atomic E-state index is 11.6. The fourth-order valence-corrected chi connectivity index (χ4v) is 2.70. The minimum atomic E-state index is -0.449. The molecular formula is C14H15N3O2S. The third kappa shape index (κ3) is 2.46. The summed E-state index contributed by atoms with van der Waals surface area (Å²) in [6, 6.07) is 5.80. The van der Waals surface area contributed by atoms with Crippen LogP contribution < -0.4 is 15.4 Å². The van der Waals surface area contributed by atoms with E-state index in [4.69, 9.17) is 4.74 Å². The molecule has 0 bridgehead atoms. The number of hydrogen-bond donors (Lipinski definition) is 2. The molecule has 0 fully saturated rings. The average molecular weight is 289 g/mol. The second kappa shape index (κ2) is 5.13. The lowest BCUT2D eigenvalue weighted by Crippen LogP contribution is -2.34. The van der Waals surface area contributed by atoms with Crippen LogP contribution in [0, 0.1) is 0 Å². The van der Waals surface area contributed by atoms with Crippen molar-refractivity contribution in [3.63, 3.8) is 0 Å². The molecule has 2 N–H and O–H groups in total. The largest absolute Gasteiger partial charge is 0.479 e. The Bertz CT molecular complexity index is 627. The van der Waals surface area contributed by atoms with E-state index < -0.39 is 6.10 Å². The summed E-state index contributed by atoms with van der Waals surface area (Å²) >= 11 is 1.61. The van der Waals surface area contributed by atoms with Gasteiger partial charge in [0.25, 0.3) is 5.91 Å². The number of nitrogens with one attached hydrogen (secondary N) is 2. The molecule has 3 rings (SSSR count). The lowest BCUT2D eigenvalue weighted by Gasteiger charge is -2.24. The molecule has 1 aliphatic heterocycles. The minimum Gasteiger partial charge on any atom is -0.479 e. The number of benzene rings is 1.